The van der Waals surface area contributed by atoms with Gasteiger partial charge in [-0.2, -0.15) is 0 Å². The molecule has 0 aromatic heterocycles. The Morgan fingerprint density at radius 1 is 1.18 bits per heavy atom. The predicted molar refractivity (Wildman–Crippen MR) is 64.4 cm³/mol. The van der Waals surface area contributed by atoms with Crippen LogP contribution in [0.5, 0.6) is 0 Å². The molecule has 0 fully saturated rings. The Morgan fingerprint density at radius 2 is 1.71 bits per heavy atom. The Bertz CT molecular complexity index is 375. The Labute approximate surface area is 102 Å². The van der Waals surface area contributed by atoms with E-state index in [9.17, 15) is 18.0 Å². The largest absolute Gasteiger partial charge is 0.459 e. The van der Waals surface area contributed by atoms with Crippen LogP contribution in [-0.4, -0.2) is 37.3 Å². The molecule has 17 heavy (non-hydrogen) atoms. The fourth-order valence-corrected chi connectivity index (χ4v) is 2.31. The van der Waals surface area contributed by atoms with Crippen molar-refractivity contribution in [3.63, 3.8) is 0 Å². The van der Waals surface area contributed by atoms with Crippen molar-refractivity contribution in [3.8, 4) is 0 Å². The highest BCUT2D eigenvalue weighted by atomic mass is 32.2. The fourth-order valence-electron chi connectivity index (χ4n) is 1.16. The van der Waals surface area contributed by atoms with Gasteiger partial charge in [-0.05, 0) is 34.1 Å². The van der Waals surface area contributed by atoms with E-state index in [0.717, 1.165) is 0 Å². The number of hydrogen-bond donors (Lipinski definition) is 0. The molecule has 100 valence electrons. The zero-order valence-corrected chi connectivity index (χ0v) is 11.6. The third kappa shape index (κ3) is 9.99. The van der Waals surface area contributed by atoms with E-state index < -0.39 is 27.2 Å². The van der Waals surface area contributed by atoms with Gasteiger partial charge in [0.1, 0.15) is 17.1 Å². The van der Waals surface area contributed by atoms with Gasteiger partial charge in [0.2, 0.25) is 0 Å². The Morgan fingerprint density at radius 3 is 2.12 bits per heavy atom. The summed E-state index contributed by atoms with van der Waals surface area (Å²) in [6, 6.07) is 0. The summed E-state index contributed by atoms with van der Waals surface area (Å²) in [4.78, 5) is 22.0. The Hall–Kier alpha value is -0.910. The van der Waals surface area contributed by atoms with Crippen molar-refractivity contribution < 1.29 is 22.7 Å². The number of ether oxygens (including phenoxy) is 1. The summed E-state index contributed by atoms with van der Waals surface area (Å²) in [5.41, 5.74) is -0.689. The first-order valence-electron chi connectivity index (χ1n) is 5.43. The number of Topliss-reactive ketones (excluding diaryl/α,β-unsaturated/α-hetero) is 1. The number of rotatable bonds is 6. The molecule has 0 aliphatic heterocycles. The number of sulfone groups is 1. The minimum absolute atomic E-state index is 0.0579. The van der Waals surface area contributed by atoms with Crippen molar-refractivity contribution in [2.24, 2.45) is 0 Å². The number of hydrogen-bond acceptors (Lipinski definition) is 5. The van der Waals surface area contributed by atoms with Crippen molar-refractivity contribution in [3.05, 3.63) is 0 Å². The lowest BCUT2D eigenvalue weighted by atomic mass is 10.2. The molecule has 0 unspecified atom stereocenters. The summed E-state index contributed by atoms with van der Waals surface area (Å²) < 4.78 is 27.9. The summed E-state index contributed by atoms with van der Waals surface area (Å²) in [5.74, 6) is -1.59. The van der Waals surface area contributed by atoms with E-state index in [1.54, 1.807) is 20.8 Å². The fraction of sp³-hybridized carbons (Fsp3) is 0.818. The van der Waals surface area contributed by atoms with Crippen LogP contribution in [0.4, 0.5) is 0 Å². The third-order valence-electron chi connectivity index (χ3n) is 1.74. The molecule has 0 bridgehead atoms. The molecule has 0 atom stereocenters. The van der Waals surface area contributed by atoms with Gasteiger partial charge < -0.3 is 9.53 Å². The zero-order chi connectivity index (χ0) is 13.7. The molecule has 5 nitrogen and oxygen atoms in total. The first-order chi connectivity index (χ1) is 7.52. The first-order valence-corrected chi connectivity index (χ1v) is 7.26. The molecule has 0 aromatic rings. The van der Waals surface area contributed by atoms with Gasteiger partial charge in [0, 0.05) is 6.42 Å². The van der Waals surface area contributed by atoms with E-state index in [-0.39, 0.29) is 24.4 Å². The number of carbonyl (C=O) groups is 2. The van der Waals surface area contributed by atoms with Gasteiger partial charge in [0.05, 0.1) is 5.75 Å². The Kier molecular flexibility index (Phi) is 5.81. The van der Waals surface area contributed by atoms with Crippen LogP contribution in [-0.2, 0) is 24.2 Å². The van der Waals surface area contributed by atoms with Crippen LogP contribution >= 0.6 is 0 Å². The van der Waals surface area contributed by atoms with Gasteiger partial charge in [0.25, 0.3) is 0 Å². The maximum absolute atomic E-state index is 11.5. The lowest BCUT2D eigenvalue weighted by molar-refractivity contribution is -0.151. The second-order valence-electron chi connectivity index (χ2n) is 4.98. The minimum Gasteiger partial charge on any atom is -0.459 e. The molecule has 0 spiro atoms. The maximum atomic E-state index is 11.5. The molecule has 0 aliphatic rings. The molecule has 0 radical (unpaired) electrons. The van der Waals surface area contributed by atoms with Gasteiger partial charge in [-0.3, -0.25) is 4.79 Å². The van der Waals surface area contributed by atoms with E-state index in [1.165, 1.54) is 6.92 Å². The second-order valence-corrected chi connectivity index (χ2v) is 7.17. The third-order valence-corrected chi connectivity index (χ3v) is 3.33. The highest BCUT2D eigenvalue weighted by Gasteiger charge is 2.22. The van der Waals surface area contributed by atoms with E-state index in [0.29, 0.717) is 0 Å². The predicted octanol–water partition coefficient (Wildman–Crippen LogP) is 1.11. The van der Waals surface area contributed by atoms with Crippen molar-refractivity contribution in [1.29, 1.82) is 0 Å². The van der Waals surface area contributed by atoms with Crippen molar-refractivity contribution in [2.75, 3.05) is 11.5 Å². The van der Waals surface area contributed by atoms with Gasteiger partial charge in [-0.25, -0.2) is 8.42 Å². The SMILES string of the molecule is CC(=O)CCCS(=O)(=O)CC(=O)OC(C)(C)C. The molecule has 0 saturated carbocycles. The molecule has 0 rings (SSSR count). The van der Waals surface area contributed by atoms with E-state index in [1.807, 2.05) is 0 Å². The van der Waals surface area contributed by atoms with Gasteiger partial charge in [-0.15, -0.1) is 0 Å². The van der Waals surface area contributed by atoms with Gasteiger partial charge in [0.15, 0.2) is 9.84 Å². The first kappa shape index (κ1) is 16.1. The van der Waals surface area contributed by atoms with Crippen molar-refractivity contribution in [1.82, 2.24) is 0 Å². The summed E-state index contributed by atoms with van der Waals surface area (Å²) in [7, 11) is -3.48. The van der Waals surface area contributed by atoms with Gasteiger partial charge >= 0.3 is 5.97 Å². The van der Waals surface area contributed by atoms with Crippen molar-refractivity contribution >= 4 is 21.6 Å². The minimum atomic E-state index is -3.48. The molecule has 0 saturated heterocycles. The van der Waals surface area contributed by atoms with Crippen molar-refractivity contribution in [2.45, 2.75) is 46.1 Å². The highest BCUT2D eigenvalue weighted by Crippen LogP contribution is 2.08. The molecule has 0 heterocycles. The summed E-state index contributed by atoms with van der Waals surface area (Å²) >= 11 is 0. The summed E-state index contributed by atoms with van der Waals surface area (Å²) in [6.07, 6.45) is 0.466. The standard InChI is InChI=1S/C11H20O5S/c1-9(12)6-5-7-17(14,15)8-10(13)16-11(2,3)4/h5-8H2,1-4H3. The van der Waals surface area contributed by atoms with Crippen LogP contribution in [0.25, 0.3) is 0 Å². The highest BCUT2D eigenvalue weighted by molar-refractivity contribution is 7.92. The topological polar surface area (TPSA) is 77.5 Å². The molecule has 0 amide bonds. The van der Waals surface area contributed by atoms with Crippen LogP contribution in [0, 0.1) is 0 Å². The van der Waals surface area contributed by atoms with Crippen LogP contribution in [0.1, 0.15) is 40.5 Å². The number of ketones is 1. The average Bonchev–Trinajstić information content (AvgIpc) is 1.96. The van der Waals surface area contributed by atoms with E-state index in [4.69, 9.17) is 4.74 Å². The summed E-state index contributed by atoms with van der Waals surface area (Å²) in [5, 5.41) is 0. The molecule has 0 N–H and O–H groups in total. The van der Waals surface area contributed by atoms with Crippen LogP contribution < -0.4 is 0 Å². The van der Waals surface area contributed by atoms with Crippen LogP contribution in [0.3, 0.4) is 0 Å². The summed E-state index contributed by atoms with van der Waals surface area (Å²) in [6.45, 7) is 6.42. The zero-order valence-electron chi connectivity index (χ0n) is 10.8. The lowest BCUT2D eigenvalue weighted by Gasteiger charge is -2.19. The second kappa shape index (κ2) is 6.14. The number of esters is 1. The lowest BCUT2D eigenvalue weighted by Crippen LogP contribution is -2.29. The quantitative estimate of drug-likeness (QED) is 0.672. The van der Waals surface area contributed by atoms with E-state index in [2.05, 4.69) is 0 Å². The van der Waals surface area contributed by atoms with Crippen LogP contribution in [0.15, 0.2) is 0 Å². The Balaban J connectivity index is 4.17. The molecule has 0 aliphatic carbocycles. The molecule has 0 aromatic carbocycles. The monoisotopic (exact) mass is 264 g/mol. The average molecular weight is 264 g/mol. The van der Waals surface area contributed by atoms with Gasteiger partial charge in [-0.1, -0.05) is 0 Å². The molecular formula is C11H20O5S. The molecule has 6 heteroatoms. The molecular weight excluding hydrogens is 244 g/mol. The normalized spacial score (nSPS) is 12.2. The van der Waals surface area contributed by atoms with Crippen LogP contribution in [0.2, 0.25) is 0 Å². The maximum Gasteiger partial charge on any atom is 0.321 e. The van der Waals surface area contributed by atoms with E-state index >= 15 is 0 Å². The number of carbonyl (C=O) groups excluding carboxylic acids is 2. The smallest absolute Gasteiger partial charge is 0.321 e.